The largest absolute Gasteiger partial charge is 0.495 e. The van der Waals surface area contributed by atoms with Crippen LogP contribution in [0, 0.1) is 0 Å². The van der Waals surface area contributed by atoms with E-state index >= 15 is 0 Å². The molecule has 2 aromatic rings. The summed E-state index contributed by atoms with van der Waals surface area (Å²) >= 11 is 0. The lowest BCUT2D eigenvalue weighted by Gasteiger charge is -2.11. The molecule has 0 spiro atoms. The number of aromatic nitrogens is 2. The van der Waals surface area contributed by atoms with Gasteiger partial charge in [-0.2, -0.15) is 0 Å². The number of rotatable bonds is 3. The summed E-state index contributed by atoms with van der Waals surface area (Å²) < 4.78 is 7.33. The van der Waals surface area contributed by atoms with E-state index in [0.29, 0.717) is 6.54 Å². The number of ether oxygens (including phenoxy) is 1. The summed E-state index contributed by atoms with van der Waals surface area (Å²) in [6.07, 6.45) is 6.15. The topological polar surface area (TPSA) is 52.5 Å². The van der Waals surface area contributed by atoms with Gasteiger partial charge in [0.25, 0.3) is 0 Å². The summed E-state index contributed by atoms with van der Waals surface area (Å²) in [7, 11) is 1.67. The molecule has 0 saturated heterocycles. The molecule has 1 fully saturated rings. The van der Waals surface area contributed by atoms with Gasteiger partial charge in [0.15, 0.2) is 0 Å². The number of methoxy groups -OCH3 is 1. The molecule has 3 rings (SSSR count). The van der Waals surface area contributed by atoms with Crippen LogP contribution in [0.3, 0.4) is 0 Å². The SMILES string of the molecule is COc1ccc2cnc(C3(CN)CC3)n2c1. The number of hydrogen-bond acceptors (Lipinski definition) is 3. The predicted octanol–water partition coefficient (Wildman–Crippen LogP) is 1.33. The average molecular weight is 217 g/mol. The fourth-order valence-electron chi connectivity index (χ4n) is 2.15. The molecule has 0 aliphatic heterocycles. The molecule has 1 aliphatic rings. The van der Waals surface area contributed by atoms with Gasteiger partial charge in [0.2, 0.25) is 0 Å². The Balaban J connectivity index is 2.18. The Morgan fingerprint density at radius 3 is 2.94 bits per heavy atom. The molecule has 84 valence electrons. The van der Waals surface area contributed by atoms with Gasteiger partial charge in [-0.3, -0.25) is 4.40 Å². The van der Waals surface area contributed by atoms with Gasteiger partial charge in [-0.25, -0.2) is 4.98 Å². The van der Waals surface area contributed by atoms with Crippen LogP contribution < -0.4 is 10.5 Å². The smallest absolute Gasteiger partial charge is 0.135 e. The van der Waals surface area contributed by atoms with Gasteiger partial charge in [-0.15, -0.1) is 0 Å². The van der Waals surface area contributed by atoms with Crippen LogP contribution in [0.1, 0.15) is 18.7 Å². The van der Waals surface area contributed by atoms with E-state index in [2.05, 4.69) is 9.38 Å². The first-order valence-electron chi connectivity index (χ1n) is 5.51. The molecule has 2 N–H and O–H groups in total. The molecule has 0 atom stereocenters. The lowest BCUT2D eigenvalue weighted by Crippen LogP contribution is -2.22. The van der Waals surface area contributed by atoms with Crippen molar-refractivity contribution >= 4 is 5.52 Å². The second-order valence-electron chi connectivity index (χ2n) is 4.43. The minimum absolute atomic E-state index is 0.110. The van der Waals surface area contributed by atoms with E-state index in [4.69, 9.17) is 10.5 Å². The van der Waals surface area contributed by atoms with Crippen LogP contribution in [0.25, 0.3) is 5.52 Å². The van der Waals surface area contributed by atoms with E-state index < -0.39 is 0 Å². The minimum atomic E-state index is 0.110. The van der Waals surface area contributed by atoms with Gasteiger partial charge < -0.3 is 10.5 Å². The summed E-state index contributed by atoms with van der Waals surface area (Å²) in [5, 5.41) is 0. The van der Waals surface area contributed by atoms with E-state index in [0.717, 1.165) is 29.9 Å². The third-order valence-electron chi connectivity index (χ3n) is 3.45. The second kappa shape index (κ2) is 3.22. The van der Waals surface area contributed by atoms with E-state index in [-0.39, 0.29) is 5.41 Å². The lowest BCUT2D eigenvalue weighted by molar-refractivity contribution is 0.412. The molecule has 0 bridgehead atoms. The van der Waals surface area contributed by atoms with Crippen molar-refractivity contribution in [3.63, 3.8) is 0 Å². The van der Waals surface area contributed by atoms with Crippen molar-refractivity contribution in [3.05, 3.63) is 30.4 Å². The van der Waals surface area contributed by atoms with E-state index in [1.807, 2.05) is 24.5 Å². The van der Waals surface area contributed by atoms with Crippen LogP contribution in [0.5, 0.6) is 5.75 Å². The average Bonchev–Trinajstić information content (AvgIpc) is 3.02. The Bertz CT molecular complexity index is 528. The standard InChI is InChI=1S/C12H15N3O/c1-16-10-3-2-9-6-14-11(15(9)7-10)12(8-13)4-5-12/h2-3,6-7H,4-5,8,13H2,1H3. The fourth-order valence-corrected chi connectivity index (χ4v) is 2.15. The Hall–Kier alpha value is -1.55. The summed E-state index contributed by atoms with van der Waals surface area (Å²) in [6, 6.07) is 3.96. The van der Waals surface area contributed by atoms with Crippen molar-refractivity contribution < 1.29 is 4.74 Å². The molecule has 0 amide bonds. The van der Waals surface area contributed by atoms with Crippen LogP contribution in [-0.2, 0) is 5.41 Å². The van der Waals surface area contributed by atoms with Crippen LogP contribution in [0.4, 0.5) is 0 Å². The van der Waals surface area contributed by atoms with Gasteiger partial charge in [-0.05, 0) is 25.0 Å². The molecule has 4 heteroatoms. The number of nitrogens with zero attached hydrogens (tertiary/aromatic N) is 2. The number of fused-ring (bicyclic) bond motifs is 1. The van der Waals surface area contributed by atoms with Crippen molar-refractivity contribution in [2.24, 2.45) is 5.73 Å². The molecular formula is C12H15N3O. The first-order chi connectivity index (χ1) is 7.79. The summed E-state index contributed by atoms with van der Waals surface area (Å²) in [5.41, 5.74) is 7.04. The van der Waals surface area contributed by atoms with Crippen LogP contribution >= 0.6 is 0 Å². The van der Waals surface area contributed by atoms with Crippen molar-refractivity contribution in [1.82, 2.24) is 9.38 Å². The highest BCUT2D eigenvalue weighted by Gasteiger charge is 2.46. The summed E-state index contributed by atoms with van der Waals surface area (Å²) in [6.45, 7) is 0.670. The molecule has 16 heavy (non-hydrogen) atoms. The molecule has 0 radical (unpaired) electrons. The maximum absolute atomic E-state index is 5.84. The maximum atomic E-state index is 5.84. The molecule has 0 unspecified atom stereocenters. The zero-order valence-electron chi connectivity index (χ0n) is 9.31. The monoisotopic (exact) mass is 217 g/mol. The lowest BCUT2D eigenvalue weighted by atomic mass is 10.1. The first-order valence-corrected chi connectivity index (χ1v) is 5.51. The van der Waals surface area contributed by atoms with Crippen molar-refractivity contribution in [1.29, 1.82) is 0 Å². The molecule has 2 heterocycles. The Labute approximate surface area is 94.0 Å². The quantitative estimate of drug-likeness (QED) is 0.844. The third-order valence-corrected chi connectivity index (χ3v) is 3.45. The molecule has 4 nitrogen and oxygen atoms in total. The molecule has 0 aromatic carbocycles. The second-order valence-corrected chi connectivity index (χ2v) is 4.43. The minimum Gasteiger partial charge on any atom is -0.495 e. The zero-order valence-corrected chi connectivity index (χ0v) is 9.31. The third kappa shape index (κ3) is 1.23. The highest BCUT2D eigenvalue weighted by atomic mass is 16.5. The van der Waals surface area contributed by atoms with Gasteiger partial charge >= 0.3 is 0 Å². The van der Waals surface area contributed by atoms with Crippen molar-refractivity contribution in [2.45, 2.75) is 18.3 Å². The summed E-state index contributed by atoms with van der Waals surface area (Å²) in [4.78, 5) is 4.50. The van der Waals surface area contributed by atoms with E-state index in [1.54, 1.807) is 7.11 Å². The number of imidazole rings is 1. The van der Waals surface area contributed by atoms with E-state index in [1.165, 1.54) is 0 Å². The first kappa shape index (κ1) is 9.66. The normalized spacial score (nSPS) is 17.6. The molecule has 2 aromatic heterocycles. The van der Waals surface area contributed by atoms with Crippen LogP contribution in [-0.4, -0.2) is 23.0 Å². The molecule has 1 saturated carbocycles. The summed E-state index contributed by atoms with van der Waals surface area (Å²) in [5.74, 6) is 1.92. The van der Waals surface area contributed by atoms with E-state index in [9.17, 15) is 0 Å². The predicted molar refractivity (Wildman–Crippen MR) is 61.7 cm³/mol. The number of hydrogen-bond donors (Lipinski definition) is 1. The number of nitrogens with two attached hydrogens (primary N) is 1. The van der Waals surface area contributed by atoms with Crippen molar-refractivity contribution in [2.75, 3.05) is 13.7 Å². The van der Waals surface area contributed by atoms with Gasteiger partial charge in [-0.1, -0.05) is 0 Å². The van der Waals surface area contributed by atoms with Gasteiger partial charge in [0, 0.05) is 12.0 Å². The zero-order chi connectivity index (χ0) is 11.2. The van der Waals surface area contributed by atoms with Crippen molar-refractivity contribution in [3.8, 4) is 5.75 Å². The Kier molecular flexibility index (Phi) is 1.94. The highest BCUT2D eigenvalue weighted by molar-refractivity contribution is 5.50. The molecule has 1 aliphatic carbocycles. The Morgan fingerprint density at radius 1 is 1.50 bits per heavy atom. The highest BCUT2D eigenvalue weighted by Crippen LogP contribution is 2.46. The van der Waals surface area contributed by atoms with Gasteiger partial charge in [0.1, 0.15) is 11.6 Å². The van der Waals surface area contributed by atoms with Crippen LogP contribution in [0.2, 0.25) is 0 Å². The molecular weight excluding hydrogens is 202 g/mol. The van der Waals surface area contributed by atoms with Gasteiger partial charge in [0.05, 0.1) is 25.0 Å². The van der Waals surface area contributed by atoms with Crippen LogP contribution in [0.15, 0.2) is 24.5 Å². The fraction of sp³-hybridized carbons (Fsp3) is 0.417. The maximum Gasteiger partial charge on any atom is 0.135 e. The number of pyridine rings is 1. The Morgan fingerprint density at radius 2 is 2.31 bits per heavy atom.